The van der Waals surface area contributed by atoms with Crippen LogP contribution in [0.15, 0.2) is 30.9 Å². The van der Waals surface area contributed by atoms with E-state index in [1.807, 2.05) is 65.9 Å². The molecule has 1 rings (SSSR count). The number of carbonyl (C=O) groups excluding carboxylic acids is 1. The first-order valence-electron chi connectivity index (χ1n) is 4.74. The molecule has 0 aromatic heterocycles. The second-order valence-electron chi connectivity index (χ2n) is 3.16. The van der Waals surface area contributed by atoms with Crippen molar-refractivity contribution >= 4 is 38.5 Å². The second kappa shape index (κ2) is 5.85. The Bertz CT molecular complexity index is 405. The van der Waals surface area contributed by atoms with Gasteiger partial charge in [-0.05, 0) is 46.2 Å². The van der Waals surface area contributed by atoms with E-state index in [1.165, 1.54) is 0 Å². The van der Waals surface area contributed by atoms with Crippen molar-refractivity contribution in [1.29, 1.82) is 0 Å². The highest BCUT2D eigenvalue weighted by molar-refractivity contribution is 14.1. The van der Waals surface area contributed by atoms with Gasteiger partial charge in [0.25, 0.3) is 0 Å². The van der Waals surface area contributed by atoms with Gasteiger partial charge in [-0.15, -0.1) is 0 Å². The van der Waals surface area contributed by atoms with Crippen LogP contribution >= 0.6 is 22.6 Å². The molecule has 0 heterocycles. The summed E-state index contributed by atoms with van der Waals surface area (Å²) in [5.41, 5.74) is 3.21. The van der Waals surface area contributed by atoms with Crippen LogP contribution in [-0.2, 0) is 11.2 Å². The minimum Gasteiger partial charge on any atom is -0.287 e. The molecule has 1 aromatic rings. The van der Waals surface area contributed by atoms with Gasteiger partial charge in [0, 0.05) is 6.42 Å². The molecule has 1 nitrogen and oxygen atoms in total. The molecule has 0 fully saturated rings. The van der Waals surface area contributed by atoms with Gasteiger partial charge in [0.1, 0.15) is 0 Å². The SMILES string of the molecule is C=Cc1c(/C=C\C)cccc1CC(=O)I. The minimum absolute atomic E-state index is 0.147. The molecular weight excluding hydrogens is 299 g/mol. The highest BCUT2D eigenvalue weighted by Crippen LogP contribution is 2.19. The van der Waals surface area contributed by atoms with Crippen molar-refractivity contribution in [1.82, 2.24) is 0 Å². The van der Waals surface area contributed by atoms with Gasteiger partial charge in [-0.25, -0.2) is 0 Å². The Morgan fingerprint density at radius 3 is 2.80 bits per heavy atom. The van der Waals surface area contributed by atoms with E-state index in [1.54, 1.807) is 0 Å². The normalized spacial score (nSPS) is 10.5. The Hall–Kier alpha value is -0.900. The predicted octanol–water partition coefficient (Wildman–Crippen LogP) is 3.87. The average Bonchev–Trinajstić information content (AvgIpc) is 2.18. The Morgan fingerprint density at radius 1 is 1.53 bits per heavy atom. The molecule has 0 saturated heterocycles. The van der Waals surface area contributed by atoms with Gasteiger partial charge < -0.3 is 0 Å². The average molecular weight is 312 g/mol. The zero-order valence-electron chi connectivity index (χ0n) is 8.66. The molecule has 0 aliphatic carbocycles. The summed E-state index contributed by atoms with van der Waals surface area (Å²) in [5.74, 6) is 0. The molecule has 0 aliphatic rings. The Balaban J connectivity index is 3.21. The van der Waals surface area contributed by atoms with Gasteiger partial charge in [0.15, 0.2) is 3.79 Å². The monoisotopic (exact) mass is 312 g/mol. The molecule has 0 aliphatic heterocycles. The van der Waals surface area contributed by atoms with Crippen LogP contribution in [-0.4, -0.2) is 3.79 Å². The van der Waals surface area contributed by atoms with Crippen molar-refractivity contribution in [2.75, 3.05) is 0 Å². The largest absolute Gasteiger partial charge is 0.287 e. The van der Waals surface area contributed by atoms with Gasteiger partial charge >= 0.3 is 0 Å². The van der Waals surface area contributed by atoms with E-state index in [4.69, 9.17) is 0 Å². The maximum atomic E-state index is 11.1. The fourth-order valence-electron chi connectivity index (χ4n) is 1.51. The van der Waals surface area contributed by atoms with E-state index in [-0.39, 0.29) is 3.79 Å². The van der Waals surface area contributed by atoms with Gasteiger partial charge in [-0.2, -0.15) is 0 Å². The molecule has 15 heavy (non-hydrogen) atoms. The Morgan fingerprint density at radius 2 is 2.27 bits per heavy atom. The van der Waals surface area contributed by atoms with Crippen molar-refractivity contribution in [3.63, 3.8) is 0 Å². The number of allylic oxidation sites excluding steroid dienone is 1. The first-order chi connectivity index (χ1) is 7.19. The lowest BCUT2D eigenvalue weighted by atomic mass is 9.99. The first-order valence-corrected chi connectivity index (χ1v) is 5.82. The summed E-state index contributed by atoms with van der Waals surface area (Å²) in [4.78, 5) is 11.1. The number of rotatable bonds is 4. The van der Waals surface area contributed by atoms with Crippen molar-refractivity contribution in [2.24, 2.45) is 0 Å². The van der Waals surface area contributed by atoms with E-state index >= 15 is 0 Å². The molecule has 0 amide bonds. The third kappa shape index (κ3) is 3.30. The Labute approximate surface area is 104 Å². The summed E-state index contributed by atoms with van der Waals surface area (Å²) >= 11 is 1.82. The summed E-state index contributed by atoms with van der Waals surface area (Å²) in [6.07, 6.45) is 6.29. The molecule has 0 unspecified atom stereocenters. The molecule has 0 atom stereocenters. The van der Waals surface area contributed by atoms with Gasteiger partial charge in [0.05, 0.1) is 0 Å². The zero-order chi connectivity index (χ0) is 11.3. The van der Waals surface area contributed by atoms with E-state index in [2.05, 4.69) is 6.58 Å². The Kier molecular flexibility index (Phi) is 4.75. The highest BCUT2D eigenvalue weighted by atomic mass is 127. The van der Waals surface area contributed by atoms with Crippen LogP contribution in [0, 0.1) is 0 Å². The van der Waals surface area contributed by atoms with Crippen LogP contribution in [0.25, 0.3) is 12.2 Å². The quantitative estimate of drug-likeness (QED) is 0.609. The topological polar surface area (TPSA) is 17.1 Å². The summed E-state index contributed by atoms with van der Waals surface area (Å²) in [5, 5.41) is 0. The molecule has 0 radical (unpaired) electrons. The fourth-order valence-corrected chi connectivity index (χ4v) is 1.92. The predicted molar refractivity (Wildman–Crippen MR) is 74.0 cm³/mol. The third-order valence-corrected chi connectivity index (χ3v) is 2.49. The molecule has 78 valence electrons. The maximum absolute atomic E-state index is 11.1. The van der Waals surface area contributed by atoms with E-state index in [9.17, 15) is 4.79 Å². The molecule has 2 heteroatoms. The van der Waals surface area contributed by atoms with Crippen molar-refractivity contribution in [3.8, 4) is 0 Å². The van der Waals surface area contributed by atoms with Crippen LogP contribution in [0.1, 0.15) is 23.6 Å². The van der Waals surface area contributed by atoms with Crippen LogP contribution < -0.4 is 0 Å². The smallest absolute Gasteiger partial charge is 0.196 e. The molecule has 0 saturated carbocycles. The number of halogens is 1. The lowest BCUT2D eigenvalue weighted by Gasteiger charge is -2.07. The first kappa shape index (κ1) is 12.2. The minimum atomic E-state index is 0.147. The second-order valence-corrected chi connectivity index (χ2v) is 4.36. The maximum Gasteiger partial charge on any atom is 0.196 e. The number of hydrogen-bond donors (Lipinski definition) is 0. The van der Waals surface area contributed by atoms with Crippen molar-refractivity contribution in [2.45, 2.75) is 13.3 Å². The summed E-state index contributed by atoms with van der Waals surface area (Å²) in [6.45, 7) is 5.77. The van der Waals surface area contributed by atoms with Gasteiger partial charge in [-0.3, -0.25) is 4.79 Å². The molecule has 0 bridgehead atoms. The van der Waals surface area contributed by atoms with E-state index in [0.29, 0.717) is 6.42 Å². The highest BCUT2D eigenvalue weighted by Gasteiger charge is 2.05. The van der Waals surface area contributed by atoms with Gasteiger partial charge in [0.2, 0.25) is 0 Å². The molecule has 1 aromatic carbocycles. The van der Waals surface area contributed by atoms with Crippen LogP contribution in [0.5, 0.6) is 0 Å². The van der Waals surface area contributed by atoms with Crippen molar-refractivity contribution in [3.05, 3.63) is 47.5 Å². The number of hydrogen-bond acceptors (Lipinski definition) is 1. The third-order valence-electron chi connectivity index (χ3n) is 2.11. The zero-order valence-corrected chi connectivity index (χ0v) is 10.8. The van der Waals surface area contributed by atoms with Crippen molar-refractivity contribution < 1.29 is 4.79 Å². The summed E-state index contributed by atoms with van der Waals surface area (Å²) < 4.78 is 0.147. The summed E-state index contributed by atoms with van der Waals surface area (Å²) in [7, 11) is 0. The molecule has 0 N–H and O–H groups in total. The van der Waals surface area contributed by atoms with Crippen LogP contribution in [0.3, 0.4) is 0 Å². The lowest BCUT2D eigenvalue weighted by molar-refractivity contribution is -0.108. The van der Waals surface area contributed by atoms with E-state index < -0.39 is 0 Å². The lowest BCUT2D eigenvalue weighted by Crippen LogP contribution is -1.97. The molecule has 0 spiro atoms. The van der Waals surface area contributed by atoms with Gasteiger partial charge in [-0.1, -0.05) is 43.0 Å². The number of carbonyl (C=O) groups is 1. The van der Waals surface area contributed by atoms with Crippen LogP contribution in [0.2, 0.25) is 0 Å². The molecular formula is C13H13IO. The van der Waals surface area contributed by atoms with E-state index in [0.717, 1.165) is 16.7 Å². The fraction of sp³-hybridized carbons (Fsp3) is 0.154. The van der Waals surface area contributed by atoms with Crippen LogP contribution in [0.4, 0.5) is 0 Å². The standard InChI is InChI=1S/C13H13IO/c1-3-6-10-7-5-8-11(9-13(14)15)12(10)4-2/h3-8H,2,9H2,1H3/b6-3-. The number of benzene rings is 1. The summed E-state index contributed by atoms with van der Waals surface area (Å²) in [6, 6.07) is 5.97.